The maximum absolute atomic E-state index is 12.8. The lowest BCUT2D eigenvalue weighted by Crippen LogP contribution is -2.31. The summed E-state index contributed by atoms with van der Waals surface area (Å²) in [5.41, 5.74) is 1.16. The molecule has 9 nitrogen and oxygen atoms in total. The van der Waals surface area contributed by atoms with Gasteiger partial charge in [-0.1, -0.05) is 23.7 Å². The maximum Gasteiger partial charge on any atom is 0.325 e. The van der Waals surface area contributed by atoms with E-state index in [9.17, 15) is 22.8 Å². The summed E-state index contributed by atoms with van der Waals surface area (Å²) in [5, 5.41) is 5.26. The van der Waals surface area contributed by atoms with Crippen LogP contribution in [-0.2, 0) is 30.8 Å². The Kier molecular flexibility index (Phi) is 8.06. The molecule has 2 amide bonds. The van der Waals surface area contributed by atoms with Gasteiger partial charge in [0.25, 0.3) is 5.91 Å². The van der Waals surface area contributed by atoms with Gasteiger partial charge < -0.3 is 15.4 Å². The highest BCUT2D eigenvalue weighted by atomic mass is 35.5. The SMILES string of the molecule is COC(=O)CNC(=O)Cc1ccc(NC(=O)c2cc(S(=O)(=O)N3CCCC3)ccc2Cl)cc1. The fourth-order valence-electron chi connectivity index (χ4n) is 3.31. The van der Waals surface area contributed by atoms with Crippen LogP contribution in [0, 0.1) is 0 Å². The van der Waals surface area contributed by atoms with Crippen LogP contribution in [0.4, 0.5) is 5.69 Å². The molecule has 0 saturated carbocycles. The number of esters is 1. The van der Waals surface area contributed by atoms with Crippen molar-refractivity contribution in [1.29, 1.82) is 0 Å². The summed E-state index contributed by atoms with van der Waals surface area (Å²) in [6, 6.07) is 10.6. The molecule has 1 aliphatic rings. The molecule has 0 spiro atoms. The first-order chi connectivity index (χ1) is 15.7. The molecule has 2 aromatic rings. The third kappa shape index (κ3) is 6.31. The molecular formula is C22H24ClN3O6S. The lowest BCUT2D eigenvalue weighted by atomic mass is 10.1. The van der Waals surface area contributed by atoms with Crippen LogP contribution in [0.15, 0.2) is 47.4 Å². The molecule has 0 unspecified atom stereocenters. The molecule has 11 heteroatoms. The van der Waals surface area contributed by atoms with Crippen LogP contribution in [0.25, 0.3) is 0 Å². The quantitative estimate of drug-likeness (QED) is 0.544. The monoisotopic (exact) mass is 493 g/mol. The van der Waals surface area contributed by atoms with E-state index in [2.05, 4.69) is 15.4 Å². The zero-order valence-electron chi connectivity index (χ0n) is 18.0. The molecule has 0 radical (unpaired) electrons. The number of sulfonamides is 1. The van der Waals surface area contributed by atoms with Gasteiger partial charge in [-0.3, -0.25) is 14.4 Å². The standard InChI is InChI=1S/C22H24ClN3O6S/c1-32-21(28)14-24-20(27)12-15-4-6-16(7-5-15)25-22(29)18-13-17(8-9-19(18)23)33(30,31)26-10-2-3-11-26/h4-9,13H,2-3,10-12,14H2,1H3,(H,24,27)(H,25,29). The smallest absolute Gasteiger partial charge is 0.325 e. The van der Waals surface area contributed by atoms with E-state index in [0.29, 0.717) is 24.3 Å². The number of carbonyl (C=O) groups is 3. The number of nitrogens with one attached hydrogen (secondary N) is 2. The molecule has 3 rings (SSSR count). The Morgan fingerprint density at radius 1 is 1.06 bits per heavy atom. The van der Waals surface area contributed by atoms with Crippen molar-refractivity contribution in [1.82, 2.24) is 9.62 Å². The fourth-order valence-corrected chi connectivity index (χ4v) is 5.06. The van der Waals surface area contributed by atoms with Crippen molar-refractivity contribution in [2.75, 3.05) is 32.1 Å². The largest absolute Gasteiger partial charge is 0.468 e. The van der Waals surface area contributed by atoms with Gasteiger partial charge in [-0.15, -0.1) is 0 Å². The van der Waals surface area contributed by atoms with Gasteiger partial charge in [0.2, 0.25) is 15.9 Å². The average Bonchev–Trinajstić information content (AvgIpc) is 3.35. The predicted molar refractivity (Wildman–Crippen MR) is 123 cm³/mol. The molecule has 1 aliphatic heterocycles. The number of hydrogen-bond acceptors (Lipinski definition) is 6. The van der Waals surface area contributed by atoms with E-state index >= 15 is 0 Å². The maximum atomic E-state index is 12.8. The number of nitrogens with zero attached hydrogens (tertiary/aromatic N) is 1. The van der Waals surface area contributed by atoms with E-state index in [1.807, 2.05) is 0 Å². The third-order valence-corrected chi connectivity index (χ3v) is 7.34. The van der Waals surface area contributed by atoms with Gasteiger partial charge in [0.1, 0.15) is 6.54 Å². The van der Waals surface area contributed by atoms with Gasteiger partial charge in [-0.05, 0) is 48.7 Å². The van der Waals surface area contributed by atoms with Crippen LogP contribution in [0.3, 0.4) is 0 Å². The minimum Gasteiger partial charge on any atom is -0.468 e. The van der Waals surface area contributed by atoms with Crippen molar-refractivity contribution in [3.8, 4) is 0 Å². The second kappa shape index (κ2) is 10.8. The molecule has 176 valence electrons. The van der Waals surface area contributed by atoms with Crippen molar-refractivity contribution >= 4 is 45.1 Å². The number of amides is 2. The number of ether oxygens (including phenoxy) is 1. The molecule has 1 heterocycles. The van der Waals surface area contributed by atoms with Gasteiger partial charge in [-0.25, -0.2) is 8.42 Å². The third-order valence-electron chi connectivity index (χ3n) is 5.12. The van der Waals surface area contributed by atoms with Gasteiger partial charge >= 0.3 is 5.97 Å². The fraction of sp³-hybridized carbons (Fsp3) is 0.318. The first kappa shape index (κ1) is 24.7. The summed E-state index contributed by atoms with van der Waals surface area (Å²) in [5.74, 6) is -1.44. The van der Waals surface area contributed by atoms with Gasteiger partial charge in [0.15, 0.2) is 0 Å². The van der Waals surface area contributed by atoms with Crippen LogP contribution in [0.5, 0.6) is 0 Å². The van der Waals surface area contributed by atoms with Crippen molar-refractivity contribution in [2.24, 2.45) is 0 Å². The lowest BCUT2D eigenvalue weighted by Gasteiger charge is -2.16. The van der Waals surface area contributed by atoms with Crippen LogP contribution < -0.4 is 10.6 Å². The number of anilines is 1. The van der Waals surface area contributed by atoms with Crippen LogP contribution in [0.2, 0.25) is 5.02 Å². The Labute approximate surface area is 197 Å². The van der Waals surface area contributed by atoms with E-state index < -0.39 is 21.9 Å². The summed E-state index contributed by atoms with van der Waals surface area (Å²) in [7, 11) is -2.45. The average molecular weight is 494 g/mol. The Morgan fingerprint density at radius 2 is 1.73 bits per heavy atom. The Hall–Kier alpha value is -2.95. The summed E-state index contributed by atoms with van der Waals surface area (Å²) < 4.78 is 31.5. The van der Waals surface area contributed by atoms with E-state index in [1.54, 1.807) is 24.3 Å². The van der Waals surface area contributed by atoms with Crippen molar-refractivity contribution in [3.63, 3.8) is 0 Å². The molecule has 0 aromatic heterocycles. The zero-order valence-corrected chi connectivity index (χ0v) is 19.5. The molecule has 0 bridgehead atoms. The minimum absolute atomic E-state index is 0.0206. The van der Waals surface area contributed by atoms with Crippen LogP contribution in [0.1, 0.15) is 28.8 Å². The van der Waals surface area contributed by atoms with Gasteiger partial charge in [0, 0.05) is 18.8 Å². The summed E-state index contributed by atoms with van der Waals surface area (Å²) in [4.78, 5) is 35.7. The number of benzene rings is 2. The molecule has 0 aliphatic carbocycles. The highest BCUT2D eigenvalue weighted by molar-refractivity contribution is 7.89. The van der Waals surface area contributed by atoms with Gasteiger partial charge in [-0.2, -0.15) is 4.31 Å². The van der Waals surface area contributed by atoms with Gasteiger partial charge in [0.05, 0.1) is 29.0 Å². The van der Waals surface area contributed by atoms with Crippen molar-refractivity contribution in [3.05, 3.63) is 58.6 Å². The highest BCUT2D eigenvalue weighted by Crippen LogP contribution is 2.26. The summed E-state index contributed by atoms with van der Waals surface area (Å²) >= 11 is 6.17. The first-order valence-corrected chi connectivity index (χ1v) is 12.1. The zero-order chi connectivity index (χ0) is 24.0. The summed E-state index contributed by atoms with van der Waals surface area (Å²) in [6.45, 7) is 0.704. The molecular weight excluding hydrogens is 470 g/mol. The van der Waals surface area contributed by atoms with Crippen molar-refractivity contribution < 1.29 is 27.5 Å². The molecule has 2 aromatic carbocycles. The normalized spacial score (nSPS) is 14.0. The van der Waals surface area contributed by atoms with Crippen molar-refractivity contribution in [2.45, 2.75) is 24.2 Å². The summed E-state index contributed by atoms with van der Waals surface area (Å²) in [6.07, 6.45) is 1.67. The topological polar surface area (TPSA) is 122 Å². The van der Waals surface area contributed by atoms with Crippen LogP contribution in [-0.4, -0.2) is 57.3 Å². The Bertz CT molecular complexity index is 1150. The number of halogens is 1. The highest BCUT2D eigenvalue weighted by Gasteiger charge is 2.28. The second-order valence-corrected chi connectivity index (χ2v) is 9.78. The number of rotatable bonds is 8. The molecule has 0 atom stereocenters. The van der Waals surface area contributed by atoms with Crippen LogP contribution >= 0.6 is 11.6 Å². The Balaban J connectivity index is 1.66. The molecule has 1 fully saturated rings. The van der Waals surface area contributed by atoms with E-state index in [4.69, 9.17) is 11.6 Å². The molecule has 33 heavy (non-hydrogen) atoms. The molecule has 1 saturated heterocycles. The van der Waals surface area contributed by atoms with E-state index in [-0.39, 0.29) is 34.4 Å². The minimum atomic E-state index is -3.69. The molecule has 2 N–H and O–H groups in total. The number of carbonyl (C=O) groups excluding carboxylic acids is 3. The van der Waals surface area contributed by atoms with E-state index in [0.717, 1.165) is 12.8 Å². The predicted octanol–water partition coefficient (Wildman–Crippen LogP) is 2.21. The second-order valence-electron chi connectivity index (χ2n) is 7.43. The van der Waals surface area contributed by atoms with E-state index in [1.165, 1.54) is 29.6 Å². The lowest BCUT2D eigenvalue weighted by molar-refractivity contribution is -0.141. The number of methoxy groups -OCH3 is 1. The number of hydrogen-bond donors (Lipinski definition) is 2. The first-order valence-electron chi connectivity index (χ1n) is 10.2. The Morgan fingerprint density at radius 3 is 2.36 bits per heavy atom.